The predicted molar refractivity (Wildman–Crippen MR) is 47.4 cm³/mol. The van der Waals surface area contributed by atoms with Crippen LogP contribution < -0.4 is 0 Å². The summed E-state index contributed by atoms with van der Waals surface area (Å²) in [6, 6.07) is 0. The van der Waals surface area contributed by atoms with Crippen molar-refractivity contribution in [3.05, 3.63) is 10.3 Å². The molecule has 0 radical (unpaired) electrons. The number of sulfone groups is 2. The second-order valence-corrected chi connectivity index (χ2v) is 6.77. The van der Waals surface area contributed by atoms with Gasteiger partial charge in [-0.3, -0.25) is 0 Å². The van der Waals surface area contributed by atoms with Crippen LogP contribution in [-0.4, -0.2) is 34.5 Å². The molecule has 0 aromatic carbocycles. The van der Waals surface area contributed by atoms with Crippen LogP contribution in [0, 0.1) is 0 Å². The van der Waals surface area contributed by atoms with Crippen molar-refractivity contribution in [2.45, 2.75) is 6.92 Å². The third kappa shape index (κ3) is 2.13. The second-order valence-electron chi connectivity index (χ2n) is 2.60. The van der Waals surface area contributed by atoms with Gasteiger partial charge in [-0.1, -0.05) is 0 Å². The lowest BCUT2D eigenvalue weighted by atomic mass is 10.6. The first-order valence-electron chi connectivity index (χ1n) is 3.63. The van der Waals surface area contributed by atoms with E-state index in [1.807, 2.05) is 0 Å². The lowest BCUT2D eigenvalue weighted by Gasteiger charge is -1.99. The van der Waals surface area contributed by atoms with Gasteiger partial charge < -0.3 is 4.74 Å². The number of carbonyl (C=O) groups excluding carboxylic acids is 1. The Morgan fingerprint density at radius 1 is 1.43 bits per heavy atom. The quantitative estimate of drug-likeness (QED) is 0.586. The van der Waals surface area contributed by atoms with Crippen LogP contribution in [0.15, 0.2) is 10.3 Å². The van der Waals surface area contributed by atoms with Gasteiger partial charge in [-0.25, -0.2) is 21.6 Å². The van der Waals surface area contributed by atoms with Crippen molar-refractivity contribution < 1.29 is 26.4 Å². The fraction of sp³-hybridized carbons (Fsp3) is 0.500. The molecule has 0 aromatic rings. The first kappa shape index (κ1) is 11.2. The van der Waals surface area contributed by atoms with E-state index in [0.717, 1.165) is 0 Å². The average Bonchev–Trinajstić information content (AvgIpc) is 2.19. The Bertz CT molecular complexity index is 480. The number of rotatable bonds is 2. The van der Waals surface area contributed by atoms with Crippen molar-refractivity contribution in [3.8, 4) is 0 Å². The van der Waals surface area contributed by atoms with E-state index in [9.17, 15) is 21.6 Å². The molecule has 1 rings (SSSR count). The number of hydrogen-bond donors (Lipinski definition) is 0. The first-order valence-corrected chi connectivity index (χ1v) is 6.99. The lowest BCUT2D eigenvalue weighted by molar-refractivity contribution is -0.137. The van der Waals surface area contributed by atoms with Crippen LogP contribution in [0.2, 0.25) is 0 Å². The molecule has 0 bridgehead atoms. The third-order valence-corrected chi connectivity index (χ3v) is 5.67. The Kier molecular flexibility index (Phi) is 2.68. The third-order valence-electron chi connectivity index (χ3n) is 1.42. The fourth-order valence-corrected chi connectivity index (χ4v) is 5.20. The maximum absolute atomic E-state index is 11.1. The summed E-state index contributed by atoms with van der Waals surface area (Å²) in [5, 5.41) is -0.603. The minimum atomic E-state index is -4.02. The van der Waals surface area contributed by atoms with Crippen molar-refractivity contribution in [3.63, 3.8) is 0 Å². The molecular weight excluding hydrogens is 232 g/mol. The van der Waals surface area contributed by atoms with Crippen LogP contribution in [-0.2, 0) is 29.2 Å². The molecule has 0 spiro atoms. The molecular formula is C6H8O6S2. The van der Waals surface area contributed by atoms with Gasteiger partial charge in [-0.05, 0) is 6.92 Å². The first-order chi connectivity index (χ1) is 6.28. The molecule has 0 aromatic heterocycles. The predicted octanol–water partition coefficient (Wildman–Crippen LogP) is -0.808. The maximum Gasteiger partial charge on any atom is 0.350 e. The van der Waals surface area contributed by atoms with Crippen molar-refractivity contribution in [2.75, 3.05) is 11.7 Å². The Morgan fingerprint density at radius 2 is 2.00 bits per heavy atom. The van der Waals surface area contributed by atoms with Crippen molar-refractivity contribution in [1.82, 2.24) is 0 Å². The van der Waals surface area contributed by atoms with Crippen LogP contribution in [0.3, 0.4) is 0 Å². The molecule has 0 aliphatic carbocycles. The molecule has 6 nitrogen and oxygen atoms in total. The Morgan fingerprint density at radius 3 is 2.36 bits per heavy atom. The van der Waals surface area contributed by atoms with Gasteiger partial charge in [0, 0.05) is 0 Å². The van der Waals surface area contributed by atoms with Crippen molar-refractivity contribution in [2.24, 2.45) is 0 Å². The molecule has 0 fully saturated rings. The van der Waals surface area contributed by atoms with E-state index in [0.29, 0.717) is 5.41 Å². The van der Waals surface area contributed by atoms with Crippen LogP contribution in [0.5, 0.6) is 0 Å². The molecule has 0 saturated heterocycles. The summed E-state index contributed by atoms with van der Waals surface area (Å²) < 4.78 is 48.5. The van der Waals surface area contributed by atoms with Gasteiger partial charge in [0.2, 0.25) is 9.84 Å². The molecule has 80 valence electrons. The fourth-order valence-electron chi connectivity index (χ4n) is 0.927. The number of carbonyl (C=O) groups is 1. The van der Waals surface area contributed by atoms with E-state index in [2.05, 4.69) is 4.74 Å². The zero-order valence-corrected chi connectivity index (χ0v) is 8.89. The van der Waals surface area contributed by atoms with E-state index in [-0.39, 0.29) is 6.61 Å². The minimum absolute atomic E-state index is 0.00819. The van der Waals surface area contributed by atoms with E-state index in [1.165, 1.54) is 6.92 Å². The molecule has 0 saturated carbocycles. The van der Waals surface area contributed by atoms with Gasteiger partial charge in [-0.2, -0.15) is 0 Å². The highest BCUT2D eigenvalue weighted by Gasteiger charge is 2.38. The number of esters is 1. The van der Waals surface area contributed by atoms with Crippen LogP contribution in [0.1, 0.15) is 6.92 Å². The van der Waals surface area contributed by atoms with E-state index in [4.69, 9.17) is 0 Å². The molecule has 0 amide bonds. The summed E-state index contributed by atoms with van der Waals surface area (Å²) in [6.45, 7) is 1.49. The average molecular weight is 240 g/mol. The van der Waals surface area contributed by atoms with Gasteiger partial charge in [0.25, 0.3) is 0 Å². The molecule has 8 heteroatoms. The summed E-state index contributed by atoms with van der Waals surface area (Å²) >= 11 is 0. The normalized spacial score (nSPS) is 22.8. The molecule has 14 heavy (non-hydrogen) atoms. The highest BCUT2D eigenvalue weighted by atomic mass is 32.3. The summed E-state index contributed by atoms with van der Waals surface area (Å²) in [5.41, 5.74) is 0. The molecule has 1 aliphatic heterocycles. The molecule has 1 aliphatic rings. The highest BCUT2D eigenvalue weighted by molar-refractivity contribution is 8.14. The summed E-state index contributed by atoms with van der Waals surface area (Å²) in [5.74, 6) is -1.12. The van der Waals surface area contributed by atoms with E-state index >= 15 is 0 Å². The summed E-state index contributed by atoms with van der Waals surface area (Å²) in [6.07, 6.45) is 0. The zero-order valence-electron chi connectivity index (χ0n) is 7.26. The Hall–Kier alpha value is -0.890. The molecule has 0 N–H and O–H groups in total. The standard InChI is InChI=1S/C6H8O6S2/c1-2-12-6(7)5-3-13(8,9)4-14(5,10)11/h3H,2,4H2,1H3. The summed E-state index contributed by atoms with van der Waals surface area (Å²) in [4.78, 5) is 10.2. The smallest absolute Gasteiger partial charge is 0.350 e. The Balaban J connectivity index is 3.17. The minimum Gasteiger partial charge on any atom is -0.462 e. The Labute approximate surface area is 81.4 Å². The molecule has 0 unspecified atom stereocenters. The monoisotopic (exact) mass is 240 g/mol. The van der Waals surface area contributed by atoms with Gasteiger partial charge in [-0.15, -0.1) is 0 Å². The topological polar surface area (TPSA) is 94.6 Å². The highest BCUT2D eigenvalue weighted by Crippen LogP contribution is 2.22. The van der Waals surface area contributed by atoms with Crippen molar-refractivity contribution in [1.29, 1.82) is 0 Å². The van der Waals surface area contributed by atoms with Crippen LogP contribution in [0.25, 0.3) is 0 Å². The van der Waals surface area contributed by atoms with E-state index < -0.39 is 35.6 Å². The van der Waals surface area contributed by atoms with Gasteiger partial charge in [0.1, 0.15) is 0 Å². The van der Waals surface area contributed by atoms with Crippen LogP contribution >= 0.6 is 0 Å². The maximum atomic E-state index is 11.1. The van der Waals surface area contributed by atoms with Crippen LogP contribution in [0.4, 0.5) is 0 Å². The number of hydrogen-bond acceptors (Lipinski definition) is 6. The summed E-state index contributed by atoms with van der Waals surface area (Å²) in [7, 11) is -7.83. The lowest BCUT2D eigenvalue weighted by Crippen LogP contribution is -2.15. The van der Waals surface area contributed by atoms with Gasteiger partial charge in [0.05, 0.1) is 12.0 Å². The molecule has 1 heterocycles. The SMILES string of the molecule is CCOC(=O)C1=CS(=O)(=O)CS1(=O)=O. The molecule has 0 atom stereocenters. The zero-order chi connectivity index (χ0) is 11.0. The van der Waals surface area contributed by atoms with E-state index in [1.54, 1.807) is 0 Å². The largest absolute Gasteiger partial charge is 0.462 e. The van der Waals surface area contributed by atoms with Gasteiger partial charge in [0.15, 0.2) is 19.8 Å². The van der Waals surface area contributed by atoms with Crippen molar-refractivity contribution >= 4 is 25.6 Å². The number of ether oxygens (including phenoxy) is 1. The van der Waals surface area contributed by atoms with Gasteiger partial charge >= 0.3 is 5.97 Å². The second kappa shape index (κ2) is 3.35.